The summed E-state index contributed by atoms with van der Waals surface area (Å²) in [4.78, 5) is 0. The highest BCUT2D eigenvalue weighted by atomic mass is 28.3. The van der Waals surface area contributed by atoms with Gasteiger partial charge in [0.1, 0.15) is 5.75 Å². The molecule has 27 heavy (non-hydrogen) atoms. The van der Waals surface area contributed by atoms with Crippen molar-refractivity contribution in [3.8, 4) is 5.75 Å². The summed E-state index contributed by atoms with van der Waals surface area (Å²) >= 11 is 0. The highest BCUT2D eigenvalue weighted by Gasteiger charge is 2.31. The van der Waals surface area contributed by atoms with E-state index in [2.05, 4.69) is 6.92 Å². The van der Waals surface area contributed by atoms with Crippen molar-refractivity contribution in [1.82, 2.24) is 0 Å². The van der Waals surface area contributed by atoms with Crippen LogP contribution in [0, 0.1) is 29.4 Å². The Kier molecular flexibility index (Phi) is 8.17. The zero-order chi connectivity index (χ0) is 19.1. The van der Waals surface area contributed by atoms with Gasteiger partial charge in [0.05, 0.1) is 6.61 Å². The zero-order valence-electron chi connectivity index (χ0n) is 16.9. The van der Waals surface area contributed by atoms with Crippen LogP contribution in [-0.4, -0.2) is 15.4 Å². The van der Waals surface area contributed by atoms with Gasteiger partial charge < -0.3 is 4.74 Å². The molecule has 0 spiro atoms. The van der Waals surface area contributed by atoms with Crippen LogP contribution in [0.3, 0.4) is 0 Å². The average Bonchev–Trinajstić information content (AvgIpc) is 2.70. The molecule has 0 aromatic heterocycles. The predicted octanol–water partition coefficient (Wildman–Crippen LogP) is 6.98. The minimum absolute atomic E-state index is 0.394. The molecular weight excluding hydrogens is 358 g/mol. The number of hydrogen-bond donors (Lipinski definition) is 0. The van der Waals surface area contributed by atoms with Gasteiger partial charge in [-0.05, 0) is 55.6 Å². The first kappa shape index (κ1) is 20.8. The van der Waals surface area contributed by atoms with Gasteiger partial charge in [-0.15, -0.1) is 0 Å². The molecule has 0 atom stereocenters. The van der Waals surface area contributed by atoms with E-state index >= 15 is 0 Å². The Bertz CT molecular complexity index is 563. The third kappa shape index (κ3) is 6.30. The van der Waals surface area contributed by atoms with Crippen LogP contribution in [0.4, 0.5) is 8.78 Å². The summed E-state index contributed by atoms with van der Waals surface area (Å²) in [5, 5.41) is 0. The zero-order valence-corrected chi connectivity index (χ0v) is 18.1. The number of unbranched alkanes of at least 4 members (excludes halogenated alkanes) is 2. The molecule has 1 heterocycles. The summed E-state index contributed by atoms with van der Waals surface area (Å²) in [5.74, 6) is 1.27. The highest BCUT2D eigenvalue weighted by molar-refractivity contribution is 6.58. The first-order chi connectivity index (χ1) is 13.2. The molecule has 152 valence electrons. The number of halogens is 2. The molecule has 0 N–H and O–H groups in total. The molecule has 4 heteroatoms. The van der Waals surface area contributed by atoms with Crippen LogP contribution < -0.4 is 4.74 Å². The molecule has 3 rings (SSSR count). The van der Waals surface area contributed by atoms with Crippen molar-refractivity contribution >= 4 is 8.80 Å². The number of rotatable bonds is 8. The molecular formula is C23H36F2OSi. The Balaban J connectivity index is 1.34. The van der Waals surface area contributed by atoms with Crippen molar-refractivity contribution in [1.29, 1.82) is 0 Å². The van der Waals surface area contributed by atoms with E-state index in [-0.39, 0.29) is 0 Å². The Labute approximate surface area is 165 Å². The average molecular weight is 395 g/mol. The maximum absolute atomic E-state index is 13.3. The smallest absolute Gasteiger partial charge is 0.162 e. The minimum Gasteiger partial charge on any atom is -0.493 e. The number of hydrogen-bond acceptors (Lipinski definition) is 1. The van der Waals surface area contributed by atoms with E-state index in [1.165, 1.54) is 63.9 Å². The van der Waals surface area contributed by atoms with Gasteiger partial charge in [0, 0.05) is 14.9 Å². The van der Waals surface area contributed by atoms with Crippen molar-refractivity contribution in [3.63, 3.8) is 0 Å². The van der Waals surface area contributed by atoms with Gasteiger partial charge in [0.2, 0.25) is 0 Å². The molecule has 1 aliphatic heterocycles. The molecule has 0 amide bonds. The van der Waals surface area contributed by atoms with E-state index in [9.17, 15) is 8.78 Å². The standard InChI is InChI=1S/C23H36F2OSi/c1-2-3-4-13-27-14-11-20(12-15-27)19-7-5-18(6-8-19)17-26-21-9-10-22(24)23(25)16-21/h9-10,16,18-20,27H,2-8,11-15,17H2,1H3/t18-,19-,20?,27?. The summed E-state index contributed by atoms with van der Waals surface area (Å²) in [6.07, 6.45) is 12.4. The van der Waals surface area contributed by atoms with Crippen LogP contribution in [0.5, 0.6) is 5.75 Å². The summed E-state index contributed by atoms with van der Waals surface area (Å²) in [6, 6.07) is 8.59. The third-order valence-electron chi connectivity index (χ3n) is 7.04. The molecule has 1 saturated heterocycles. The van der Waals surface area contributed by atoms with Gasteiger partial charge in [-0.3, -0.25) is 0 Å². The van der Waals surface area contributed by atoms with Gasteiger partial charge in [-0.2, -0.15) is 0 Å². The van der Waals surface area contributed by atoms with E-state index in [0.29, 0.717) is 18.3 Å². The second-order valence-electron chi connectivity index (χ2n) is 8.94. The van der Waals surface area contributed by atoms with Crippen molar-refractivity contribution < 1.29 is 13.5 Å². The largest absolute Gasteiger partial charge is 0.493 e. The summed E-state index contributed by atoms with van der Waals surface area (Å²) in [5.41, 5.74) is 0. The highest BCUT2D eigenvalue weighted by Crippen LogP contribution is 2.41. The second kappa shape index (κ2) is 10.6. The Morgan fingerprint density at radius 2 is 1.63 bits per heavy atom. The Morgan fingerprint density at radius 3 is 2.30 bits per heavy atom. The van der Waals surface area contributed by atoms with Crippen LogP contribution >= 0.6 is 0 Å². The van der Waals surface area contributed by atoms with Crippen molar-refractivity contribution in [3.05, 3.63) is 29.8 Å². The fourth-order valence-electron chi connectivity index (χ4n) is 5.24. The fourth-order valence-corrected chi connectivity index (χ4v) is 8.77. The molecule has 0 unspecified atom stereocenters. The van der Waals surface area contributed by atoms with Crippen molar-refractivity contribution in [2.45, 2.75) is 82.8 Å². The van der Waals surface area contributed by atoms with Crippen LogP contribution in [0.2, 0.25) is 18.1 Å². The topological polar surface area (TPSA) is 9.23 Å². The van der Waals surface area contributed by atoms with Crippen LogP contribution in [0.15, 0.2) is 18.2 Å². The summed E-state index contributed by atoms with van der Waals surface area (Å²) < 4.78 is 32.0. The summed E-state index contributed by atoms with van der Waals surface area (Å²) in [7, 11) is -0.394. The lowest BCUT2D eigenvalue weighted by atomic mass is 9.74. The normalized spacial score (nSPS) is 28.9. The monoisotopic (exact) mass is 394 g/mol. The fraction of sp³-hybridized carbons (Fsp3) is 0.739. The Hall–Kier alpha value is -0.903. The predicted molar refractivity (Wildman–Crippen MR) is 111 cm³/mol. The Morgan fingerprint density at radius 1 is 0.926 bits per heavy atom. The van der Waals surface area contributed by atoms with Crippen LogP contribution in [0.25, 0.3) is 0 Å². The second-order valence-corrected chi connectivity index (χ2v) is 12.4. The number of ether oxygens (including phenoxy) is 1. The third-order valence-corrected chi connectivity index (χ3v) is 10.6. The molecule has 1 nitrogen and oxygen atoms in total. The molecule has 0 bridgehead atoms. The van der Waals surface area contributed by atoms with Gasteiger partial charge in [-0.1, -0.05) is 57.2 Å². The van der Waals surface area contributed by atoms with E-state index in [0.717, 1.165) is 24.0 Å². The van der Waals surface area contributed by atoms with Crippen molar-refractivity contribution in [2.75, 3.05) is 6.61 Å². The maximum Gasteiger partial charge on any atom is 0.162 e. The van der Waals surface area contributed by atoms with Gasteiger partial charge in [-0.25, -0.2) is 8.78 Å². The molecule has 1 aromatic carbocycles. The lowest BCUT2D eigenvalue weighted by Gasteiger charge is -2.37. The van der Waals surface area contributed by atoms with Gasteiger partial charge >= 0.3 is 0 Å². The molecule has 2 fully saturated rings. The van der Waals surface area contributed by atoms with Gasteiger partial charge in [0.15, 0.2) is 11.6 Å². The van der Waals surface area contributed by atoms with Crippen molar-refractivity contribution in [2.24, 2.45) is 17.8 Å². The molecule has 0 radical (unpaired) electrons. The summed E-state index contributed by atoms with van der Waals surface area (Å²) in [6.45, 7) is 2.94. The first-order valence-corrected chi connectivity index (χ1v) is 13.7. The van der Waals surface area contributed by atoms with E-state index in [1.54, 1.807) is 18.1 Å². The quantitative estimate of drug-likeness (QED) is 0.341. The number of benzene rings is 1. The van der Waals surface area contributed by atoms with E-state index < -0.39 is 20.4 Å². The maximum atomic E-state index is 13.3. The minimum atomic E-state index is -0.829. The molecule has 1 aliphatic carbocycles. The van der Waals surface area contributed by atoms with Crippen LogP contribution in [0.1, 0.15) is 64.7 Å². The SMILES string of the molecule is CCCCC[SiH]1CCC([C@H]2CC[C@H](COc3ccc(F)c(F)c3)CC2)CC1. The van der Waals surface area contributed by atoms with Crippen LogP contribution in [-0.2, 0) is 0 Å². The van der Waals surface area contributed by atoms with E-state index in [1.807, 2.05) is 0 Å². The lowest BCUT2D eigenvalue weighted by molar-refractivity contribution is 0.147. The molecule has 2 aliphatic rings. The molecule has 1 saturated carbocycles. The lowest BCUT2D eigenvalue weighted by Crippen LogP contribution is -2.29. The first-order valence-electron chi connectivity index (χ1n) is 11.2. The van der Waals surface area contributed by atoms with Gasteiger partial charge in [0.25, 0.3) is 0 Å². The molecule has 1 aromatic rings. The van der Waals surface area contributed by atoms with E-state index in [4.69, 9.17) is 4.74 Å².